The molecule has 0 spiro atoms. The van der Waals surface area contributed by atoms with Crippen molar-refractivity contribution in [2.75, 3.05) is 13.7 Å². The molecule has 26 heavy (non-hydrogen) atoms. The van der Waals surface area contributed by atoms with E-state index in [0.717, 1.165) is 0 Å². The molecular weight excluding hydrogens is 361 g/mol. The van der Waals surface area contributed by atoms with E-state index in [1.165, 1.54) is 42.0 Å². The fraction of sp³-hybridized carbons (Fsp3) is 0.176. The normalized spacial score (nSPS) is 11.0. The van der Waals surface area contributed by atoms with Gasteiger partial charge in [-0.05, 0) is 42.5 Å². The summed E-state index contributed by atoms with van der Waals surface area (Å²) in [5.74, 6) is -1.70. The van der Waals surface area contributed by atoms with Gasteiger partial charge in [0.15, 0.2) is 4.77 Å². The number of carboxylic acids is 1. The van der Waals surface area contributed by atoms with Gasteiger partial charge in [0, 0.05) is 12.7 Å². The molecule has 2 N–H and O–H groups in total. The van der Waals surface area contributed by atoms with Gasteiger partial charge < -0.3 is 14.4 Å². The summed E-state index contributed by atoms with van der Waals surface area (Å²) in [6.07, 6.45) is 0. The minimum absolute atomic E-state index is 0.0759. The fourth-order valence-electron chi connectivity index (χ4n) is 2.60. The van der Waals surface area contributed by atoms with Gasteiger partial charge in [0.1, 0.15) is 11.5 Å². The van der Waals surface area contributed by atoms with Crippen molar-refractivity contribution in [3.05, 3.63) is 56.8 Å². The number of nitrogens with zero attached hydrogens (tertiary/aromatic N) is 2. The molecule has 3 aromatic rings. The molecule has 0 atom stereocenters. The summed E-state index contributed by atoms with van der Waals surface area (Å²) in [4.78, 5) is 30.9. The number of aromatic amines is 1. The summed E-state index contributed by atoms with van der Waals surface area (Å²) in [7, 11) is 1.51. The number of fused-ring (bicyclic) bond motifs is 1. The second kappa shape index (κ2) is 7.14. The number of H-pyrrole nitrogens is 1. The lowest BCUT2D eigenvalue weighted by atomic mass is 10.1. The fourth-order valence-corrected chi connectivity index (χ4v) is 2.87. The lowest BCUT2D eigenvalue weighted by Gasteiger charge is -2.13. The summed E-state index contributed by atoms with van der Waals surface area (Å²) in [5.41, 5.74) is 0.0994. The molecule has 0 fully saturated rings. The summed E-state index contributed by atoms with van der Waals surface area (Å²) in [5, 5.41) is 9.48. The first-order valence-electron chi connectivity index (χ1n) is 7.58. The topological polar surface area (TPSA) is 97.2 Å². The van der Waals surface area contributed by atoms with Crippen molar-refractivity contribution >= 4 is 29.2 Å². The van der Waals surface area contributed by atoms with Crippen molar-refractivity contribution in [3.63, 3.8) is 0 Å². The molecule has 1 aromatic carbocycles. The Kier molecular flexibility index (Phi) is 4.92. The third-order valence-electron chi connectivity index (χ3n) is 3.84. The smallest absolute Gasteiger partial charge is 0.336 e. The monoisotopic (exact) mass is 375 g/mol. The van der Waals surface area contributed by atoms with Crippen molar-refractivity contribution in [2.45, 2.75) is 6.54 Å². The van der Waals surface area contributed by atoms with Gasteiger partial charge in [0.2, 0.25) is 0 Å². The molecule has 7 nitrogen and oxygen atoms in total. The van der Waals surface area contributed by atoms with Crippen molar-refractivity contribution in [1.29, 1.82) is 0 Å². The SMILES string of the molecule is COCCn1c(=S)[nH]c(=O)c2c(C(=O)O)cc(-c3ccc(F)cc3)nc21. The molecule has 0 unspecified atom stereocenters. The second-order valence-corrected chi connectivity index (χ2v) is 5.86. The Morgan fingerprint density at radius 3 is 2.69 bits per heavy atom. The van der Waals surface area contributed by atoms with Crippen LogP contribution in [0.15, 0.2) is 35.1 Å². The maximum absolute atomic E-state index is 13.2. The number of aromatic carboxylic acids is 1. The third kappa shape index (κ3) is 3.26. The van der Waals surface area contributed by atoms with Crippen LogP contribution in [0, 0.1) is 10.6 Å². The molecule has 2 aromatic heterocycles. The van der Waals surface area contributed by atoms with Crippen LogP contribution in [0.25, 0.3) is 22.3 Å². The Morgan fingerprint density at radius 2 is 2.08 bits per heavy atom. The number of hydrogen-bond acceptors (Lipinski definition) is 5. The molecule has 0 aliphatic heterocycles. The molecule has 0 radical (unpaired) electrons. The highest BCUT2D eigenvalue weighted by Gasteiger charge is 2.18. The van der Waals surface area contributed by atoms with Crippen molar-refractivity contribution < 1.29 is 19.0 Å². The van der Waals surface area contributed by atoms with Crippen LogP contribution in [-0.4, -0.2) is 39.3 Å². The molecule has 134 valence electrons. The van der Waals surface area contributed by atoms with Crippen molar-refractivity contribution in [1.82, 2.24) is 14.5 Å². The van der Waals surface area contributed by atoms with Crippen LogP contribution in [0.2, 0.25) is 0 Å². The van der Waals surface area contributed by atoms with Crippen LogP contribution in [0.1, 0.15) is 10.4 Å². The zero-order chi connectivity index (χ0) is 18.8. The molecule has 0 bridgehead atoms. The minimum atomic E-state index is -1.28. The van der Waals surface area contributed by atoms with Crippen LogP contribution < -0.4 is 5.56 Å². The molecule has 0 aliphatic rings. The van der Waals surface area contributed by atoms with Crippen LogP contribution in [-0.2, 0) is 11.3 Å². The van der Waals surface area contributed by atoms with Gasteiger partial charge in [-0.3, -0.25) is 9.78 Å². The zero-order valence-corrected chi connectivity index (χ0v) is 14.5. The Bertz CT molecular complexity index is 1110. The highest BCUT2D eigenvalue weighted by atomic mass is 32.1. The van der Waals surface area contributed by atoms with Crippen LogP contribution in [0.4, 0.5) is 4.39 Å². The molecule has 0 amide bonds. The highest BCUT2D eigenvalue weighted by molar-refractivity contribution is 7.71. The number of hydrogen-bond donors (Lipinski definition) is 2. The molecule has 3 rings (SSSR count). The van der Waals surface area contributed by atoms with E-state index >= 15 is 0 Å². The Balaban J connectivity index is 2.39. The quantitative estimate of drug-likeness (QED) is 0.666. The zero-order valence-electron chi connectivity index (χ0n) is 13.7. The molecule has 2 heterocycles. The van der Waals surface area contributed by atoms with E-state index in [4.69, 9.17) is 17.0 Å². The van der Waals surface area contributed by atoms with E-state index in [1.54, 1.807) is 0 Å². The predicted octanol–water partition coefficient (Wildman–Crippen LogP) is 2.60. The number of nitrogens with one attached hydrogen (secondary N) is 1. The average Bonchev–Trinajstić information content (AvgIpc) is 2.61. The minimum Gasteiger partial charge on any atom is -0.478 e. The van der Waals surface area contributed by atoms with E-state index in [1.807, 2.05) is 0 Å². The van der Waals surface area contributed by atoms with E-state index in [-0.39, 0.29) is 27.9 Å². The van der Waals surface area contributed by atoms with Crippen LogP contribution in [0.3, 0.4) is 0 Å². The number of benzene rings is 1. The summed E-state index contributed by atoms with van der Waals surface area (Å²) in [6, 6.07) is 6.75. The number of pyridine rings is 1. The van der Waals surface area contributed by atoms with Gasteiger partial charge in [-0.15, -0.1) is 0 Å². The number of halogens is 1. The molecular formula is C17H14FN3O4S. The highest BCUT2D eigenvalue weighted by Crippen LogP contribution is 2.23. The first-order valence-corrected chi connectivity index (χ1v) is 7.99. The van der Waals surface area contributed by atoms with Gasteiger partial charge in [0.25, 0.3) is 5.56 Å². The number of carbonyl (C=O) groups is 1. The van der Waals surface area contributed by atoms with E-state index in [2.05, 4.69) is 9.97 Å². The Hall–Kier alpha value is -2.91. The Labute approximate surface area is 151 Å². The first kappa shape index (κ1) is 17.9. The number of ether oxygens (including phenoxy) is 1. The van der Waals surface area contributed by atoms with E-state index in [9.17, 15) is 19.1 Å². The summed E-state index contributed by atoms with van der Waals surface area (Å²) < 4.78 is 19.8. The maximum atomic E-state index is 13.2. The van der Waals surface area contributed by atoms with Crippen molar-refractivity contribution in [2.24, 2.45) is 0 Å². The predicted molar refractivity (Wildman–Crippen MR) is 95.4 cm³/mol. The van der Waals surface area contributed by atoms with Gasteiger partial charge >= 0.3 is 5.97 Å². The number of aromatic nitrogens is 3. The average molecular weight is 375 g/mol. The Morgan fingerprint density at radius 1 is 1.38 bits per heavy atom. The first-order chi connectivity index (χ1) is 12.4. The van der Waals surface area contributed by atoms with Crippen molar-refractivity contribution in [3.8, 4) is 11.3 Å². The number of rotatable bonds is 5. The van der Waals surface area contributed by atoms with Gasteiger partial charge in [-0.2, -0.15) is 0 Å². The lowest BCUT2D eigenvalue weighted by molar-refractivity contribution is 0.0699. The molecule has 0 saturated heterocycles. The van der Waals surface area contributed by atoms with E-state index < -0.39 is 17.3 Å². The molecule has 0 aliphatic carbocycles. The van der Waals surface area contributed by atoms with Gasteiger partial charge in [-0.25, -0.2) is 14.2 Å². The largest absolute Gasteiger partial charge is 0.478 e. The van der Waals surface area contributed by atoms with Gasteiger partial charge in [-0.1, -0.05) is 0 Å². The van der Waals surface area contributed by atoms with Crippen LogP contribution in [0.5, 0.6) is 0 Å². The summed E-state index contributed by atoms with van der Waals surface area (Å²) in [6.45, 7) is 0.571. The molecule has 0 saturated carbocycles. The molecule has 9 heteroatoms. The third-order valence-corrected chi connectivity index (χ3v) is 4.16. The van der Waals surface area contributed by atoms with E-state index in [0.29, 0.717) is 17.9 Å². The van der Waals surface area contributed by atoms with Gasteiger partial charge in [0.05, 0.1) is 29.8 Å². The second-order valence-electron chi connectivity index (χ2n) is 5.47. The number of methoxy groups -OCH3 is 1. The lowest BCUT2D eigenvalue weighted by Crippen LogP contribution is -2.20. The maximum Gasteiger partial charge on any atom is 0.336 e. The standard InChI is InChI=1S/C17H14FN3O4S/c1-25-7-6-21-14-13(15(22)20-17(21)26)11(16(23)24)8-12(19-14)9-2-4-10(18)5-3-9/h2-5,8H,6-7H2,1H3,(H,23,24)(H,20,22,26). The number of carboxylic acid groups (broad SMARTS) is 1. The summed E-state index contributed by atoms with van der Waals surface area (Å²) >= 11 is 5.18. The van der Waals surface area contributed by atoms with Crippen LogP contribution >= 0.6 is 12.2 Å².